The highest BCUT2D eigenvalue weighted by molar-refractivity contribution is 5.99. The van der Waals surface area contributed by atoms with Gasteiger partial charge in [-0.1, -0.05) is 6.07 Å². The van der Waals surface area contributed by atoms with Gasteiger partial charge in [-0.25, -0.2) is 13.2 Å². The van der Waals surface area contributed by atoms with Crippen molar-refractivity contribution in [2.75, 3.05) is 18.0 Å². The van der Waals surface area contributed by atoms with E-state index >= 15 is 0 Å². The summed E-state index contributed by atoms with van der Waals surface area (Å²) in [5, 5.41) is 2.86. The van der Waals surface area contributed by atoms with Gasteiger partial charge in [-0.15, -0.1) is 0 Å². The van der Waals surface area contributed by atoms with Crippen molar-refractivity contribution in [3.05, 3.63) is 29.8 Å². The minimum absolute atomic E-state index is 0.122. The third-order valence-electron chi connectivity index (χ3n) is 3.87. The molecule has 6 heteroatoms. The highest BCUT2D eigenvalue weighted by atomic mass is 19.1. The largest absolute Gasteiger partial charge is 0.306 e. The lowest BCUT2D eigenvalue weighted by Gasteiger charge is -2.19. The number of amides is 1. The molecular weight excluding hydrogens is 269 g/mol. The number of hydrogen-bond donors (Lipinski definition) is 1. The molecule has 1 atom stereocenters. The molecule has 1 aliphatic carbocycles. The van der Waals surface area contributed by atoms with Crippen LogP contribution >= 0.6 is 0 Å². The van der Waals surface area contributed by atoms with Crippen LogP contribution in [0.4, 0.5) is 18.9 Å². The van der Waals surface area contributed by atoms with Gasteiger partial charge < -0.3 is 10.2 Å². The van der Waals surface area contributed by atoms with Crippen LogP contribution in [-0.4, -0.2) is 30.7 Å². The molecular formula is C14H15F3N2O. The van der Waals surface area contributed by atoms with E-state index in [2.05, 4.69) is 5.32 Å². The highest BCUT2D eigenvalue weighted by Gasteiger charge is 2.44. The Balaban J connectivity index is 1.72. The van der Waals surface area contributed by atoms with Gasteiger partial charge in [-0.05, 0) is 31.4 Å². The zero-order valence-corrected chi connectivity index (χ0v) is 10.8. The van der Waals surface area contributed by atoms with Crippen molar-refractivity contribution in [3.63, 3.8) is 0 Å². The summed E-state index contributed by atoms with van der Waals surface area (Å²) in [6.07, 6.45) is 1.43. The van der Waals surface area contributed by atoms with Gasteiger partial charge in [0.15, 0.2) is 0 Å². The molecule has 2 aliphatic rings. The third-order valence-corrected chi connectivity index (χ3v) is 3.87. The van der Waals surface area contributed by atoms with E-state index in [9.17, 15) is 18.0 Å². The minimum Gasteiger partial charge on any atom is -0.306 e. The summed E-state index contributed by atoms with van der Waals surface area (Å²) in [6.45, 7) is 0.352. The van der Waals surface area contributed by atoms with E-state index in [0.29, 0.717) is 19.3 Å². The molecule has 1 heterocycles. The molecule has 0 spiro atoms. The van der Waals surface area contributed by atoms with Crippen molar-refractivity contribution in [1.29, 1.82) is 0 Å². The summed E-state index contributed by atoms with van der Waals surface area (Å²) in [6, 6.07) is 2.92. The van der Waals surface area contributed by atoms with Gasteiger partial charge in [0.05, 0.1) is 6.04 Å². The average Bonchev–Trinajstić information content (AvgIpc) is 3.03. The summed E-state index contributed by atoms with van der Waals surface area (Å²) < 4.78 is 40.9. The number of carbonyl (C=O) groups excluding carboxylic acids is 1. The van der Waals surface area contributed by atoms with Crippen molar-refractivity contribution in [2.45, 2.75) is 31.0 Å². The maximum absolute atomic E-state index is 13.7. The molecule has 1 aromatic rings. The molecule has 1 aromatic carbocycles. The number of anilines is 1. The van der Waals surface area contributed by atoms with E-state index in [1.165, 1.54) is 6.07 Å². The van der Waals surface area contributed by atoms with Crippen molar-refractivity contribution in [2.24, 2.45) is 0 Å². The van der Waals surface area contributed by atoms with E-state index in [1.54, 1.807) is 0 Å². The number of rotatable bonds is 4. The van der Waals surface area contributed by atoms with Crippen LogP contribution < -0.4 is 10.2 Å². The Bertz CT molecular complexity index is 525. The van der Waals surface area contributed by atoms with E-state index in [4.69, 9.17) is 0 Å². The van der Waals surface area contributed by atoms with Crippen LogP contribution in [0, 0.1) is 11.6 Å². The van der Waals surface area contributed by atoms with Crippen molar-refractivity contribution in [3.8, 4) is 0 Å². The summed E-state index contributed by atoms with van der Waals surface area (Å²) in [7, 11) is 0. The molecule has 1 unspecified atom stereocenters. The maximum Gasteiger partial charge on any atom is 0.244 e. The van der Waals surface area contributed by atoms with Crippen LogP contribution in [-0.2, 0) is 4.79 Å². The molecule has 2 fully saturated rings. The smallest absolute Gasteiger partial charge is 0.244 e. The fourth-order valence-electron chi connectivity index (χ4n) is 2.46. The number of nitrogens with one attached hydrogen (secondary N) is 1. The van der Waals surface area contributed by atoms with E-state index in [1.807, 2.05) is 0 Å². The Hall–Kier alpha value is -1.56. The first-order chi connectivity index (χ1) is 9.50. The molecule has 1 N–H and O–H groups in total. The quantitative estimate of drug-likeness (QED) is 0.919. The molecule has 1 saturated carbocycles. The molecule has 3 nitrogen and oxygen atoms in total. The molecule has 1 amide bonds. The summed E-state index contributed by atoms with van der Waals surface area (Å²) in [4.78, 5) is 13.3. The monoisotopic (exact) mass is 284 g/mol. The number of halogens is 3. The molecule has 1 saturated heterocycles. The first-order valence-electron chi connectivity index (χ1n) is 6.68. The van der Waals surface area contributed by atoms with Gasteiger partial charge in [0.1, 0.15) is 23.0 Å². The summed E-state index contributed by atoms with van der Waals surface area (Å²) in [5.74, 6) is -1.93. The van der Waals surface area contributed by atoms with Gasteiger partial charge >= 0.3 is 0 Å². The highest BCUT2D eigenvalue weighted by Crippen LogP contribution is 2.39. The molecule has 1 aliphatic heterocycles. The fourth-order valence-corrected chi connectivity index (χ4v) is 2.46. The molecule has 108 valence electrons. The summed E-state index contributed by atoms with van der Waals surface area (Å²) in [5.41, 5.74) is -1.51. The molecule has 3 rings (SSSR count). The topological polar surface area (TPSA) is 32.3 Å². The number of alkyl halides is 1. The number of para-hydroxylation sites is 1. The van der Waals surface area contributed by atoms with Gasteiger partial charge in [0.25, 0.3) is 0 Å². The second-order valence-electron chi connectivity index (χ2n) is 5.43. The normalized spacial score (nSPS) is 24.2. The zero-order valence-electron chi connectivity index (χ0n) is 10.8. The number of hydrogen-bond acceptors (Lipinski definition) is 2. The Labute approximate surface area is 114 Å². The van der Waals surface area contributed by atoms with Crippen LogP contribution in [0.25, 0.3) is 0 Å². The van der Waals surface area contributed by atoms with Crippen molar-refractivity contribution >= 4 is 11.6 Å². The Morgan fingerprint density at radius 2 is 1.95 bits per heavy atom. The number of carbonyl (C=O) groups is 1. The SMILES string of the molecule is O=C1C(NCC2(F)CC2)CCN1c1c(F)cccc1F. The van der Waals surface area contributed by atoms with Crippen LogP contribution in [0.15, 0.2) is 18.2 Å². The molecule has 20 heavy (non-hydrogen) atoms. The van der Waals surface area contributed by atoms with Gasteiger partial charge in [0.2, 0.25) is 5.91 Å². The molecule has 0 aromatic heterocycles. The lowest BCUT2D eigenvalue weighted by molar-refractivity contribution is -0.118. The predicted octanol–water partition coefficient (Wildman–Crippen LogP) is 2.16. The molecule has 0 bridgehead atoms. The minimum atomic E-state index is -1.20. The van der Waals surface area contributed by atoms with Gasteiger partial charge in [0, 0.05) is 13.1 Å². The lowest BCUT2D eigenvalue weighted by Crippen LogP contribution is -2.41. The Morgan fingerprint density at radius 3 is 2.55 bits per heavy atom. The second-order valence-corrected chi connectivity index (χ2v) is 5.43. The van der Waals surface area contributed by atoms with Gasteiger partial charge in [-0.2, -0.15) is 0 Å². The van der Waals surface area contributed by atoms with Crippen LogP contribution in [0.5, 0.6) is 0 Å². The van der Waals surface area contributed by atoms with E-state index in [-0.39, 0.29) is 18.8 Å². The lowest BCUT2D eigenvalue weighted by atomic mass is 10.2. The van der Waals surface area contributed by atoms with Crippen molar-refractivity contribution in [1.82, 2.24) is 5.32 Å². The second kappa shape index (κ2) is 4.77. The first kappa shape index (κ1) is 13.4. The predicted molar refractivity (Wildman–Crippen MR) is 68.2 cm³/mol. The average molecular weight is 284 g/mol. The van der Waals surface area contributed by atoms with Crippen LogP contribution in [0.1, 0.15) is 19.3 Å². The number of nitrogens with zero attached hydrogens (tertiary/aromatic N) is 1. The zero-order chi connectivity index (χ0) is 14.3. The number of benzene rings is 1. The Morgan fingerprint density at radius 1 is 1.30 bits per heavy atom. The van der Waals surface area contributed by atoms with E-state index in [0.717, 1.165) is 17.0 Å². The van der Waals surface area contributed by atoms with Crippen LogP contribution in [0.2, 0.25) is 0 Å². The summed E-state index contributed by atoms with van der Waals surface area (Å²) >= 11 is 0. The molecule has 0 radical (unpaired) electrons. The standard InChI is InChI=1S/C14H15F3N2O/c15-9-2-1-3-10(16)12(9)19-7-4-11(13(19)20)18-8-14(17)5-6-14/h1-3,11,18H,4-8H2. The van der Waals surface area contributed by atoms with Crippen LogP contribution in [0.3, 0.4) is 0 Å². The van der Waals surface area contributed by atoms with Gasteiger partial charge in [-0.3, -0.25) is 4.79 Å². The first-order valence-corrected chi connectivity index (χ1v) is 6.68. The fraction of sp³-hybridized carbons (Fsp3) is 0.500. The maximum atomic E-state index is 13.7. The van der Waals surface area contributed by atoms with E-state index < -0.39 is 29.3 Å². The Kier molecular flexibility index (Phi) is 3.20. The third kappa shape index (κ3) is 2.40. The van der Waals surface area contributed by atoms with Crippen molar-refractivity contribution < 1.29 is 18.0 Å².